The molecule has 0 saturated carbocycles. The number of carbonyl (C=O) groups is 1. The van der Waals surface area contributed by atoms with Crippen LogP contribution >= 0.6 is 11.8 Å². The zero-order valence-electron chi connectivity index (χ0n) is 9.08. The largest absolute Gasteiger partial charge is 0.329 e. The van der Waals surface area contributed by atoms with Crippen molar-refractivity contribution in [3.05, 3.63) is 0 Å². The summed E-state index contributed by atoms with van der Waals surface area (Å²) in [6, 6.07) is 0.0289. The van der Waals surface area contributed by atoms with Gasteiger partial charge in [-0.25, -0.2) is 0 Å². The summed E-state index contributed by atoms with van der Waals surface area (Å²) in [6.07, 6.45) is 5.78. The minimum atomic E-state index is 0.0289. The third-order valence-electron chi connectivity index (χ3n) is 2.55. The average molecular weight is 216 g/mol. The van der Waals surface area contributed by atoms with Crippen molar-refractivity contribution >= 4 is 17.7 Å². The van der Waals surface area contributed by atoms with Crippen molar-refractivity contribution in [2.24, 2.45) is 0 Å². The van der Waals surface area contributed by atoms with Crippen LogP contribution in [0.15, 0.2) is 0 Å². The van der Waals surface area contributed by atoms with Gasteiger partial charge in [-0.1, -0.05) is 6.42 Å². The first kappa shape index (κ1) is 11.9. The van der Waals surface area contributed by atoms with E-state index in [-0.39, 0.29) is 11.9 Å². The monoisotopic (exact) mass is 216 g/mol. The second kappa shape index (κ2) is 6.30. The SMILES string of the molecule is CSCCCCCN1CNC(C)C1=O. The fourth-order valence-corrected chi connectivity index (χ4v) is 2.09. The van der Waals surface area contributed by atoms with E-state index in [1.54, 1.807) is 0 Å². The molecule has 14 heavy (non-hydrogen) atoms. The second-order valence-corrected chi connectivity index (χ2v) is 4.72. The quantitative estimate of drug-likeness (QED) is 0.679. The highest BCUT2D eigenvalue weighted by Gasteiger charge is 2.26. The number of nitrogens with one attached hydrogen (secondary N) is 1. The molecule has 1 aliphatic heterocycles. The Morgan fingerprint density at radius 3 is 2.86 bits per heavy atom. The number of amides is 1. The lowest BCUT2D eigenvalue weighted by atomic mass is 10.2. The van der Waals surface area contributed by atoms with Gasteiger partial charge in [0.05, 0.1) is 12.7 Å². The van der Waals surface area contributed by atoms with E-state index in [4.69, 9.17) is 0 Å². The van der Waals surface area contributed by atoms with Gasteiger partial charge in [0.2, 0.25) is 5.91 Å². The zero-order valence-corrected chi connectivity index (χ0v) is 9.90. The lowest BCUT2D eigenvalue weighted by Crippen LogP contribution is -2.29. The first-order chi connectivity index (χ1) is 6.75. The molecule has 0 aromatic heterocycles. The summed E-state index contributed by atoms with van der Waals surface area (Å²) >= 11 is 1.89. The van der Waals surface area contributed by atoms with Crippen LogP contribution in [0, 0.1) is 0 Å². The summed E-state index contributed by atoms with van der Waals surface area (Å²) in [6.45, 7) is 3.59. The number of hydrogen-bond donors (Lipinski definition) is 1. The normalized spacial score (nSPS) is 22.0. The van der Waals surface area contributed by atoms with Gasteiger partial charge in [0, 0.05) is 6.54 Å². The maximum Gasteiger partial charge on any atom is 0.240 e. The molecule has 1 saturated heterocycles. The molecule has 0 aliphatic carbocycles. The molecular formula is C10H20N2OS. The molecular weight excluding hydrogens is 196 g/mol. The van der Waals surface area contributed by atoms with E-state index in [9.17, 15) is 4.79 Å². The molecule has 1 aliphatic rings. The van der Waals surface area contributed by atoms with Gasteiger partial charge in [0.15, 0.2) is 0 Å². The van der Waals surface area contributed by atoms with E-state index in [0.29, 0.717) is 0 Å². The number of unbranched alkanes of at least 4 members (excludes halogenated alkanes) is 2. The van der Waals surface area contributed by atoms with E-state index >= 15 is 0 Å². The fourth-order valence-electron chi connectivity index (χ4n) is 1.60. The van der Waals surface area contributed by atoms with Gasteiger partial charge in [-0.05, 0) is 31.8 Å². The molecule has 4 heteroatoms. The van der Waals surface area contributed by atoms with Crippen molar-refractivity contribution in [1.29, 1.82) is 0 Å². The van der Waals surface area contributed by atoms with Crippen LogP contribution in [0.4, 0.5) is 0 Å². The molecule has 1 N–H and O–H groups in total. The van der Waals surface area contributed by atoms with E-state index in [2.05, 4.69) is 11.6 Å². The summed E-state index contributed by atoms with van der Waals surface area (Å²) in [5.74, 6) is 1.50. The Morgan fingerprint density at radius 1 is 1.50 bits per heavy atom. The molecule has 1 heterocycles. The Morgan fingerprint density at radius 2 is 2.29 bits per heavy atom. The Bertz CT molecular complexity index is 187. The van der Waals surface area contributed by atoms with Crippen LogP contribution in [-0.2, 0) is 4.79 Å². The van der Waals surface area contributed by atoms with Crippen LogP contribution in [0.5, 0.6) is 0 Å². The molecule has 82 valence electrons. The third-order valence-corrected chi connectivity index (χ3v) is 3.24. The van der Waals surface area contributed by atoms with Crippen molar-refractivity contribution in [1.82, 2.24) is 10.2 Å². The minimum absolute atomic E-state index is 0.0289. The summed E-state index contributed by atoms with van der Waals surface area (Å²) in [5.41, 5.74) is 0. The number of rotatable bonds is 6. The summed E-state index contributed by atoms with van der Waals surface area (Å²) < 4.78 is 0. The molecule has 1 amide bonds. The number of nitrogens with zero attached hydrogens (tertiary/aromatic N) is 1. The first-order valence-corrected chi connectivity index (χ1v) is 6.66. The van der Waals surface area contributed by atoms with Crippen LogP contribution in [0.3, 0.4) is 0 Å². The molecule has 1 fully saturated rings. The van der Waals surface area contributed by atoms with Gasteiger partial charge in [0.25, 0.3) is 0 Å². The smallest absolute Gasteiger partial charge is 0.240 e. The molecule has 1 unspecified atom stereocenters. The van der Waals surface area contributed by atoms with E-state index in [0.717, 1.165) is 19.6 Å². The summed E-state index contributed by atoms with van der Waals surface area (Å²) in [5, 5.41) is 3.14. The zero-order chi connectivity index (χ0) is 10.4. The van der Waals surface area contributed by atoms with Gasteiger partial charge in [-0.15, -0.1) is 0 Å². The van der Waals surface area contributed by atoms with Gasteiger partial charge in [-0.2, -0.15) is 11.8 Å². The maximum atomic E-state index is 11.5. The minimum Gasteiger partial charge on any atom is -0.329 e. The highest BCUT2D eigenvalue weighted by atomic mass is 32.2. The standard InChI is InChI=1S/C10H20N2OS/c1-9-10(13)12(8-11-9)6-4-3-5-7-14-2/h9,11H,3-8H2,1-2H3. The predicted octanol–water partition coefficient (Wildman–Crippen LogP) is 1.30. The Balaban J connectivity index is 2.04. The van der Waals surface area contributed by atoms with Crippen LogP contribution in [-0.4, -0.2) is 42.1 Å². The van der Waals surface area contributed by atoms with Crippen LogP contribution in [0.25, 0.3) is 0 Å². The highest BCUT2D eigenvalue weighted by Crippen LogP contribution is 2.07. The van der Waals surface area contributed by atoms with Crippen molar-refractivity contribution in [3.8, 4) is 0 Å². The topological polar surface area (TPSA) is 32.3 Å². The van der Waals surface area contributed by atoms with Gasteiger partial charge in [-0.3, -0.25) is 10.1 Å². The average Bonchev–Trinajstić information content (AvgIpc) is 2.49. The summed E-state index contributed by atoms with van der Waals surface area (Å²) in [4.78, 5) is 13.4. The highest BCUT2D eigenvalue weighted by molar-refractivity contribution is 7.98. The molecule has 0 bridgehead atoms. The first-order valence-electron chi connectivity index (χ1n) is 5.27. The molecule has 0 aromatic rings. The molecule has 0 aromatic carbocycles. The van der Waals surface area contributed by atoms with Crippen molar-refractivity contribution < 1.29 is 4.79 Å². The number of carbonyl (C=O) groups excluding carboxylic acids is 1. The van der Waals surface area contributed by atoms with Crippen molar-refractivity contribution in [3.63, 3.8) is 0 Å². The van der Waals surface area contributed by atoms with Crippen molar-refractivity contribution in [2.45, 2.75) is 32.2 Å². The number of thioether (sulfide) groups is 1. The van der Waals surface area contributed by atoms with Gasteiger partial charge < -0.3 is 4.90 Å². The lowest BCUT2D eigenvalue weighted by Gasteiger charge is -2.14. The Kier molecular flexibility index (Phi) is 5.33. The Hall–Kier alpha value is -0.220. The second-order valence-electron chi connectivity index (χ2n) is 3.74. The maximum absolute atomic E-state index is 11.5. The number of hydrogen-bond acceptors (Lipinski definition) is 3. The predicted molar refractivity (Wildman–Crippen MR) is 61.4 cm³/mol. The third kappa shape index (κ3) is 3.50. The molecule has 3 nitrogen and oxygen atoms in total. The van der Waals surface area contributed by atoms with Gasteiger partial charge in [0.1, 0.15) is 0 Å². The van der Waals surface area contributed by atoms with E-state index in [1.165, 1.54) is 18.6 Å². The Labute approximate surface area is 90.6 Å². The van der Waals surface area contributed by atoms with Gasteiger partial charge >= 0.3 is 0 Å². The van der Waals surface area contributed by atoms with Crippen molar-refractivity contribution in [2.75, 3.05) is 25.2 Å². The van der Waals surface area contributed by atoms with Crippen LogP contribution in [0.2, 0.25) is 0 Å². The van der Waals surface area contributed by atoms with Crippen LogP contribution in [0.1, 0.15) is 26.2 Å². The fraction of sp³-hybridized carbons (Fsp3) is 0.900. The molecule has 0 radical (unpaired) electrons. The lowest BCUT2D eigenvalue weighted by molar-refractivity contribution is -0.128. The van der Waals surface area contributed by atoms with Crippen LogP contribution < -0.4 is 5.32 Å². The van der Waals surface area contributed by atoms with E-state index < -0.39 is 0 Å². The molecule has 0 spiro atoms. The molecule has 1 atom stereocenters. The van der Waals surface area contributed by atoms with E-state index in [1.807, 2.05) is 23.6 Å². The summed E-state index contributed by atoms with van der Waals surface area (Å²) in [7, 11) is 0. The molecule has 1 rings (SSSR count).